The molecule has 0 amide bonds. The molecule has 9 heavy (non-hydrogen) atoms. The van der Waals surface area contributed by atoms with Crippen LogP contribution in [0.4, 0.5) is 8.78 Å². The monoisotopic (exact) mass is 152 g/mol. The van der Waals surface area contributed by atoms with Crippen molar-refractivity contribution in [2.45, 2.75) is 0 Å². The second-order valence-corrected chi connectivity index (χ2v) is 3.52. The molecule has 0 fully saturated rings. The van der Waals surface area contributed by atoms with Crippen LogP contribution in [0.25, 0.3) is 0 Å². The number of hydrogen-bond acceptors (Lipinski definition) is 0. The fraction of sp³-hybridized carbons (Fsp3) is 0.333. The van der Waals surface area contributed by atoms with Gasteiger partial charge in [0.15, 0.2) is 0 Å². The van der Waals surface area contributed by atoms with Crippen LogP contribution in [-0.4, -0.2) is 12.3 Å². The Morgan fingerprint density at radius 1 is 1.00 bits per heavy atom. The van der Waals surface area contributed by atoms with Crippen LogP contribution in [0, 0.1) is 0 Å². The maximum absolute atomic E-state index is 11.3. The van der Waals surface area contributed by atoms with Gasteiger partial charge < -0.3 is 0 Å². The standard InChI is InChI=1S/C6H11F2P/c7-3-1-5-9-6-2-4-8/h1-4H,5-6H2,9H3. The Hall–Kier alpha value is -0.230. The van der Waals surface area contributed by atoms with Crippen LogP contribution in [0.1, 0.15) is 0 Å². The van der Waals surface area contributed by atoms with Gasteiger partial charge in [-0.25, -0.2) is 0 Å². The zero-order chi connectivity index (χ0) is 6.95. The van der Waals surface area contributed by atoms with Gasteiger partial charge in [-0.15, -0.1) is 0 Å². The second-order valence-electron chi connectivity index (χ2n) is 1.65. The SMILES string of the molecule is FC=CC[PH3]CC=CF. The van der Waals surface area contributed by atoms with Crippen molar-refractivity contribution in [1.82, 2.24) is 0 Å². The average Bonchev–Trinajstić information content (AvgIpc) is 1.89. The molecule has 3 heteroatoms. The summed E-state index contributed by atoms with van der Waals surface area (Å²) in [6.07, 6.45) is 5.70. The molecule has 0 aromatic heterocycles. The zero-order valence-corrected chi connectivity index (χ0v) is 6.60. The second kappa shape index (κ2) is 7.77. The third-order valence-corrected chi connectivity index (χ3v) is 2.40. The van der Waals surface area contributed by atoms with E-state index in [0.717, 1.165) is 12.3 Å². The summed E-state index contributed by atoms with van der Waals surface area (Å²) in [7, 11) is -0.264. The summed E-state index contributed by atoms with van der Waals surface area (Å²) in [6.45, 7) is 0. The molecule has 0 saturated carbocycles. The average molecular weight is 152 g/mol. The predicted molar refractivity (Wildman–Crippen MR) is 41.3 cm³/mol. The molecule has 0 rings (SSSR count). The Balaban J connectivity index is 2.91. The van der Waals surface area contributed by atoms with Crippen molar-refractivity contribution < 1.29 is 8.78 Å². The third-order valence-electron chi connectivity index (χ3n) is 0.920. The molecule has 54 valence electrons. The van der Waals surface area contributed by atoms with Crippen molar-refractivity contribution in [2.24, 2.45) is 0 Å². The number of rotatable bonds is 4. The van der Waals surface area contributed by atoms with E-state index in [1.54, 1.807) is 0 Å². The molecule has 0 N–H and O–H groups in total. The van der Waals surface area contributed by atoms with Gasteiger partial charge in [0.1, 0.15) is 0 Å². The van der Waals surface area contributed by atoms with Gasteiger partial charge in [-0.1, -0.05) is 0 Å². The van der Waals surface area contributed by atoms with Crippen LogP contribution in [-0.2, 0) is 0 Å². The van der Waals surface area contributed by atoms with Crippen LogP contribution in [0.5, 0.6) is 0 Å². The van der Waals surface area contributed by atoms with Gasteiger partial charge in [0.25, 0.3) is 0 Å². The Kier molecular flexibility index (Phi) is 7.57. The first-order chi connectivity index (χ1) is 4.41. The van der Waals surface area contributed by atoms with E-state index in [2.05, 4.69) is 0 Å². The Labute approximate surface area is 55.4 Å². The Morgan fingerprint density at radius 3 is 1.78 bits per heavy atom. The summed E-state index contributed by atoms with van der Waals surface area (Å²) in [5, 5.41) is 0. The van der Waals surface area contributed by atoms with E-state index in [0.29, 0.717) is 12.7 Å². The van der Waals surface area contributed by atoms with E-state index in [9.17, 15) is 8.78 Å². The summed E-state index contributed by atoms with van der Waals surface area (Å²) >= 11 is 0. The number of hydrogen-bond donors (Lipinski definition) is 0. The number of allylic oxidation sites excluding steroid dienone is 2. The van der Waals surface area contributed by atoms with Crippen molar-refractivity contribution >= 4 is 8.58 Å². The van der Waals surface area contributed by atoms with E-state index in [1.807, 2.05) is 0 Å². The van der Waals surface area contributed by atoms with E-state index < -0.39 is 0 Å². The molecule has 0 aromatic carbocycles. The first-order valence-corrected chi connectivity index (χ1v) is 4.92. The van der Waals surface area contributed by atoms with Crippen molar-refractivity contribution in [3.05, 3.63) is 24.8 Å². The van der Waals surface area contributed by atoms with E-state index in [1.165, 1.54) is 12.2 Å². The van der Waals surface area contributed by atoms with Gasteiger partial charge in [-0.2, -0.15) is 0 Å². The van der Waals surface area contributed by atoms with Gasteiger partial charge in [-0.05, 0) is 0 Å². The maximum atomic E-state index is 11.3. The van der Waals surface area contributed by atoms with Crippen LogP contribution < -0.4 is 0 Å². The molecule has 0 atom stereocenters. The van der Waals surface area contributed by atoms with Crippen molar-refractivity contribution in [3.63, 3.8) is 0 Å². The number of halogens is 2. The van der Waals surface area contributed by atoms with Gasteiger partial charge in [0.2, 0.25) is 0 Å². The van der Waals surface area contributed by atoms with Crippen LogP contribution in [0.15, 0.2) is 24.8 Å². The zero-order valence-electron chi connectivity index (χ0n) is 5.19. The van der Waals surface area contributed by atoms with Crippen molar-refractivity contribution in [2.75, 3.05) is 12.3 Å². The minimum atomic E-state index is -0.264. The minimum absolute atomic E-state index is 0.264. The third kappa shape index (κ3) is 7.77. The van der Waals surface area contributed by atoms with E-state index in [4.69, 9.17) is 0 Å². The molecule has 0 nitrogen and oxygen atoms in total. The summed E-state index contributed by atoms with van der Waals surface area (Å²) in [6, 6.07) is 0. The summed E-state index contributed by atoms with van der Waals surface area (Å²) < 4.78 is 22.5. The molecule has 0 aliphatic rings. The topological polar surface area (TPSA) is 0 Å². The predicted octanol–water partition coefficient (Wildman–Crippen LogP) is 2.10. The van der Waals surface area contributed by atoms with Gasteiger partial charge in [-0.3, -0.25) is 0 Å². The molecule has 0 spiro atoms. The molecule has 0 aliphatic carbocycles. The summed E-state index contributed by atoms with van der Waals surface area (Å²) in [5.74, 6) is 0. The fourth-order valence-electron chi connectivity index (χ4n) is 0.480. The van der Waals surface area contributed by atoms with Crippen LogP contribution in [0.2, 0.25) is 0 Å². The first-order valence-electron chi connectivity index (χ1n) is 2.92. The molecule has 0 unspecified atom stereocenters. The molecular formula is C6H11F2P. The molecule has 0 radical (unpaired) electrons. The Morgan fingerprint density at radius 2 is 1.44 bits per heavy atom. The molecule has 0 aromatic rings. The Bertz CT molecular complexity index is 87.2. The molecule has 0 bridgehead atoms. The van der Waals surface area contributed by atoms with E-state index >= 15 is 0 Å². The van der Waals surface area contributed by atoms with Crippen molar-refractivity contribution in [1.29, 1.82) is 0 Å². The van der Waals surface area contributed by atoms with Crippen molar-refractivity contribution in [3.8, 4) is 0 Å². The fourth-order valence-corrected chi connectivity index (χ4v) is 1.44. The molecule has 0 heterocycles. The molecule has 0 saturated heterocycles. The van der Waals surface area contributed by atoms with Gasteiger partial charge >= 0.3 is 54.5 Å². The van der Waals surface area contributed by atoms with Gasteiger partial charge in [0, 0.05) is 0 Å². The first kappa shape index (κ1) is 8.77. The quantitative estimate of drug-likeness (QED) is 0.427. The van der Waals surface area contributed by atoms with Gasteiger partial charge in [0.05, 0.1) is 0 Å². The van der Waals surface area contributed by atoms with Crippen LogP contribution >= 0.6 is 8.58 Å². The molecule has 0 aliphatic heterocycles. The normalized spacial score (nSPS) is 12.2. The summed E-state index contributed by atoms with van der Waals surface area (Å²) in [5.41, 5.74) is 0. The van der Waals surface area contributed by atoms with Crippen LogP contribution in [0.3, 0.4) is 0 Å². The summed E-state index contributed by atoms with van der Waals surface area (Å²) in [4.78, 5) is 0. The van der Waals surface area contributed by atoms with E-state index in [-0.39, 0.29) is 8.58 Å². The molecular weight excluding hydrogens is 141 g/mol.